The van der Waals surface area contributed by atoms with E-state index in [4.69, 9.17) is 14.2 Å². The van der Waals surface area contributed by atoms with E-state index in [1.54, 1.807) is 0 Å². The van der Waals surface area contributed by atoms with Crippen molar-refractivity contribution >= 4 is 20.0 Å². The van der Waals surface area contributed by atoms with Crippen molar-refractivity contribution < 1.29 is 14.2 Å². The first-order valence-corrected chi connectivity index (χ1v) is 24.3. The van der Waals surface area contributed by atoms with Crippen molar-refractivity contribution in [2.75, 3.05) is 26.4 Å². The van der Waals surface area contributed by atoms with E-state index in [9.17, 15) is 0 Å². The molecule has 4 heteroatoms. The molecular formula is C47H94O3Se. The molecule has 0 heterocycles. The predicted octanol–water partition coefficient (Wildman–Crippen LogP) is 15.2. The minimum atomic E-state index is -0.0198. The van der Waals surface area contributed by atoms with Crippen LogP contribution in [0, 0.1) is 0 Å². The van der Waals surface area contributed by atoms with Crippen LogP contribution in [0.15, 0.2) is 0 Å². The van der Waals surface area contributed by atoms with Crippen LogP contribution in [-0.2, 0) is 14.2 Å². The molecule has 0 fully saturated rings. The van der Waals surface area contributed by atoms with Gasteiger partial charge in [0.15, 0.2) is 0 Å². The summed E-state index contributed by atoms with van der Waals surface area (Å²) in [4.78, 5) is 0. The number of hydrogen-bond donors (Lipinski definition) is 0. The molecule has 0 spiro atoms. The van der Waals surface area contributed by atoms with Crippen LogP contribution in [0.1, 0.15) is 259 Å². The molecule has 0 aromatic rings. The molecule has 2 atom stereocenters. The van der Waals surface area contributed by atoms with Crippen molar-refractivity contribution in [3.8, 4) is 0 Å². The summed E-state index contributed by atoms with van der Waals surface area (Å²) in [6.07, 6.45) is 49.4. The number of hydrogen-bond acceptors (Lipinski definition) is 3. The van der Waals surface area contributed by atoms with Crippen LogP contribution in [0.5, 0.6) is 0 Å². The first kappa shape index (κ1) is 51.3. The Morgan fingerprint density at radius 1 is 0.353 bits per heavy atom. The average Bonchev–Trinajstić information content (AvgIpc) is 3.13. The molecule has 0 rings (SSSR count). The minimum absolute atomic E-state index is 0.0167. The fourth-order valence-electron chi connectivity index (χ4n) is 7.29. The van der Waals surface area contributed by atoms with E-state index in [2.05, 4.69) is 43.3 Å². The Hall–Kier alpha value is 0.269. The Balaban J connectivity index is 4.32. The van der Waals surface area contributed by atoms with Crippen LogP contribution < -0.4 is 0 Å². The van der Waals surface area contributed by atoms with Crippen LogP contribution in [0.2, 0.25) is 0 Å². The van der Waals surface area contributed by atoms with Gasteiger partial charge < -0.3 is 0 Å². The van der Waals surface area contributed by atoms with Crippen molar-refractivity contribution in [3.63, 3.8) is 0 Å². The second-order valence-corrected chi connectivity index (χ2v) is 17.4. The Kier molecular flexibility index (Phi) is 44.9. The number of rotatable bonds is 45. The summed E-state index contributed by atoms with van der Waals surface area (Å²) in [5.41, 5.74) is 0. The molecule has 0 radical (unpaired) electrons. The Morgan fingerprint density at radius 2 is 0.608 bits per heavy atom. The molecule has 0 bridgehead atoms. The third-order valence-corrected chi connectivity index (χ3v) is 11.3. The van der Waals surface area contributed by atoms with Crippen molar-refractivity contribution in [2.45, 2.75) is 271 Å². The fraction of sp³-hybridized carbons (Fsp3) is 0.979. The van der Waals surface area contributed by atoms with Crippen LogP contribution in [0.3, 0.4) is 0 Å². The molecule has 0 aliphatic carbocycles. The summed E-state index contributed by atoms with van der Waals surface area (Å²) >= 11 is 3.27. The molecule has 0 amide bonds. The van der Waals surface area contributed by atoms with Gasteiger partial charge in [-0.2, -0.15) is 0 Å². The molecule has 0 aliphatic rings. The van der Waals surface area contributed by atoms with Gasteiger partial charge in [0, 0.05) is 0 Å². The van der Waals surface area contributed by atoms with Crippen LogP contribution in [-0.4, -0.2) is 58.6 Å². The Morgan fingerprint density at radius 3 is 0.902 bits per heavy atom. The molecule has 0 saturated carbocycles. The molecule has 51 heavy (non-hydrogen) atoms. The van der Waals surface area contributed by atoms with Gasteiger partial charge in [-0.3, -0.25) is 0 Å². The van der Waals surface area contributed by atoms with Gasteiger partial charge in [-0.15, -0.1) is 0 Å². The van der Waals surface area contributed by atoms with E-state index < -0.39 is 0 Å². The van der Waals surface area contributed by atoms with E-state index in [1.165, 1.54) is 216 Å². The summed E-state index contributed by atoms with van der Waals surface area (Å²) in [5.74, 6) is 0. The monoisotopic (exact) mass is 787 g/mol. The molecular weight excluding hydrogens is 691 g/mol. The maximum atomic E-state index is 6.54. The average molecular weight is 786 g/mol. The first-order valence-electron chi connectivity index (χ1n) is 23.5. The van der Waals surface area contributed by atoms with Gasteiger partial charge in [0.2, 0.25) is 0 Å². The quantitative estimate of drug-likeness (QED) is 0.0455. The summed E-state index contributed by atoms with van der Waals surface area (Å²) in [7, 11) is 0. The standard InChI is InChI=1S/C47H94O3Se/c1-5-8-11-14-17-20-23-26-29-32-35-38-41-48-44-46(49-42-39-36-33-30-27-24-21-18-15-12-9-6-2)47(45(4)51)50-43-40-37-34-31-28-25-22-19-16-13-10-7-3/h46-47H,5-44H2,1-4H3. The van der Waals surface area contributed by atoms with Gasteiger partial charge in [-0.1, -0.05) is 117 Å². The zero-order valence-corrected chi connectivity index (χ0v) is 37.3. The summed E-state index contributed by atoms with van der Waals surface area (Å²) < 4.78 is 20.5. The van der Waals surface area contributed by atoms with Gasteiger partial charge in [0.1, 0.15) is 0 Å². The predicted molar refractivity (Wildman–Crippen MR) is 230 cm³/mol. The Bertz CT molecular complexity index is 655. The van der Waals surface area contributed by atoms with E-state index >= 15 is 0 Å². The van der Waals surface area contributed by atoms with E-state index in [1.807, 2.05) is 0 Å². The third-order valence-electron chi connectivity index (χ3n) is 10.8. The molecule has 3 nitrogen and oxygen atoms in total. The number of unbranched alkanes of at least 4 members (excludes halogenated alkanes) is 33. The maximum absolute atomic E-state index is 6.54. The summed E-state index contributed by atoms with van der Waals surface area (Å²) in [5, 5.41) is 0. The summed E-state index contributed by atoms with van der Waals surface area (Å²) in [6, 6.07) is 0. The fourth-order valence-corrected chi connectivity index (χ4v) is 7.75. The van der Waals surface area contributed by atoms with Crippen molar-refractivity contribution in [1.82, 2.24) is 0 Å². The first-order chi connectivity index (χ1) is 25.2. The SMILES string of the molecule is CCCCCCCCCCCCCCOCC(OCCCCCCCCCCCCCC)C(OCCCCCCCCCCCCCC)C(C)=[Se]. The molecule has 0 N–H and O–H groups in total. The van der Waals surface area contributed by atoms with Crippen molar-refractivity contribution in [3.05, 3.63) is 0 Å². The van der Waals surface area contributed by atoms with Crippen molar-refractivity contribution in [2.24, 2.45) is 0 Å². The zero-order valence-electron chi connectivity index (χ0n) is 35.6. The van der Waals surface area contributed by atoms with Gasteiger partial charge in [0.25, 0.3) is 0 Å². The third kappa shape index (κ3) is 39.8. The van der Waals surface area contributed by atoms with E-state index in [0.717, 1.165) is 39.1 Å². The number of ether oxygens (including phenoxy) is 3. The van der Waals surface area contributed by atoms with Gasteiger partial charge in [-0.05, 0) is 0 Å². The molecule has 0 aromatic carbocycles. The topological polar surface area (TPSA) is 27.7 Å². The van der Waals surface area contributed by atoms with E-state index in [-0.39, 0.29) is 12.2 Å². The van der Waals surface area contributed by atoms with E-state index in [0.29, 0.717) is 6.61 Å². The van der Waals surface area contributed by atoms with Crippen LogP contribution in [0.4, 0.5) is 0 Å². The van der Waals surface area contributed by atoms with Crippen molar-refractivity contribution in [1.29, 1.82) is 0 Å². The Labute approximate surface area is 330 Å². The van der Waals surface area contributed by atoms with Gasteiger partial charge in [-0.25, -0.2) is 0 Å². The molecule has 306 valence electrons. The summed E-state index contributed by atoms with van der Waals surface area (Å²) in [6.45, 7) is 12.2. The normalized spacial score (nSPS) is 12.9. The second kappa shape index (κ2) is 44.7. The second-order valence-electron chi connectivity index (χ2n) is 16.1. The molecule has 0 saturated heterocycles. The zero-order chi connectivity index (χ0) is 37.1. The van der Waals surface area contributed by atoms with Crippen LogP contribution in [0.25, 0.3) is 0 Å². The van der Waals surface area contributed by atoms with Crippen LogP contribution >= 0.6 is 0 Å². The molecule has 0 aliphatic heterocycles. The molecule has 2 unspecified atom stereocenters. The van der Waals surface area contributed by atoms with Gasteiger partial charge >= 0.3 is 215 Å². The molecule has 0 aromatic heterocycles. The van der Waals surface area contributed by atoms with Gasteiger partial charge in [0.05, 0.1) is 0 Å².